The highest BCUT2D eigenvalue weighted by molar-refractivity contribution is 5.91. The summed E-state index contributed by atoms with van der Waals surface area (Å²) in [6.07, 6.45) is -10.4. The molecule has 31 heavy (non-hydrogen) atoms. The Labute approximate surface area is 170 Å². The van der Waals surface area contributed by atoms with Gasteiger partial charge in [0, 0.05) is 6.42 Å². The zero-order chi connectivity index (χ0) is 23.0. The van der Waals surface area contributed by atoms with Crippen molar-refractivity contribution in [2.75, 3.05) is 11.1 Å². The molecule has 1 unspecified atom stereocenters. The Bertz CT molecular complexity index is 974. The molecule has 1 aliphatic heterocycles. The van der Waals surface area contributed by atoms with Crippen LogP contribution in [0.1, 0.15) is 50.0 Å². The van der Waals surface area contributed by atoms with Gasteiger partial charge in [0.1, 0.15) is 11.4 Å². The fraction of sp³-hybridized carbons (Fsp3) is 0.529. The fourth-order valence-electron chi connectivity index (χ4n) is 3.08. The predicted molar refractivity (Wildman–Crippen MR) is 93.2 cm³/mol. The van der Waals surface area contributed by atoms with Crippen molar-refractivity contribution in [3.63, 3.8) is 0 Å². The smallest absolute Gasteiger partial charge is 0.416 e. The molecule has 4 N–H and O–H groups in total. The lowest BCUT2D eigenvalue weighted by molar-refractivity contribution is -0.277. The Hall–Kier alpha value is -2.90. The molecule has 14 heteroatoms. The molecule has 0 radical (unpaired) electrons. The van der Waals surface area contributed by atoms with Crippen LogP contribution in [-0.2, 0) is 16.6 Å². The van der Waals surface area contributed by atoms with Gasteiger partial charge in [0.25, 0.3) is 11.8 Å². The van der Waals surface area contributed by atoms with Crippen LogP contribution in [0.4, 0.5) is 37.8 Å². The second-order valence-corrected chi connectivity index (χ2v) is 7.05. The summed E-state index contributed by atoms with van der Waals surface area (Å²) in [5.41, 5.74) is -0.411. The molecule has 4 bridgehead atoms. The summed E-state index contributed by atoms with van der Waals surface area (Å²) in [7, 11) is 0. The van der Waals surface area contributed by atoms with Crippen LogP contribution in [0.3, 0.4) is 0 Å². The van der Waals surface area contributed by atoms with Crippen LogP contribution in [0.15, 0.2) is 10.5 Å². The van der Waals surface area contributed by atoms with Crippen LogP contribution in [-0.4, -0.2) is 32.4 Å². The molecule has 0 aliphatic carbocycles. The first-order valence-electron chi connectivity index (χ1n) is 9.14. The molecule has 0 saturated carbocycles. The molecule has 2 aromatic rings. The van der Waals surface area contributed by atoms with E-state index in [1.165, 1.54) is 0 Å². The number of anilines is 2. The highest BCUT2D eigenvalue weighted by Gasteiger charge is 2.58. The molecule has 170 valence electrons. The summed E-state index contributed by atoms with van der Waals surface area (Å²) >= 11 is 0. The Balaban J connectivity index is 2.16. The number of fused-ring (bicyclic) bond motifs is 5. The van der Waals surface area contributed by atoms with Gasteiger partial charge in [-0.15, -0.1) is 10.2 Å². The number of nitrogen functional groups attached to an aromatic ring is 1. The lowest BCUT2D eigenvalue weighted by Crippen LogP contribution is -2.42. The standard InChI is InChI=1S/C17H17F6N5O3/c18-16(19,20)8-7-9(24)11-13-27-28-14(31-13)15(30,17(21,22)23)6-4-2-1-3-5-10(29)25-12(8)26-11/h7,30H,1-6,24H2,(H,25,26,29). The third kappa shape index (κ3) is 4.57. The molecule has 2 aromatic heterocycles. The van der Waals surface area contributed by atoms with Gasteiger partial charge in [0.15, 0.2) is 5.69 Å². The monoisotopic (exact) mass is 453 g/mol. The van der Waals surface area contributed by atoms with Gasteiger partial charge in [-0.1, -0.05) is 12.8 Å². The van der Waals surface area contributed by atoms with Crippen LogP contribution in [0.5, 0.6) is 0 Å². The first-order chi connectivity index (χ1) is 14.3. The van der Waals surface area contributed by atoms with Crippen LogP contribution >= 0.6 is 0 Å². The van der Waals surface area contributed by atoms with Crippen LogP contribution in [0.2, 0.25) is 0 Å². The highest BCUT2D eigenvalue weighted by atomic mass is 19.4. The number of rotatable bonds is 0. The lowest BCUT2D eigenvalue weighted by atomic mass is 9.94. The summed E-state index contributed by atoms with van der Waals surface area (Å²) < 4.78 is 85.7. The normalized spacial score (nSPS) is 21.2. The quantitative estimate of drug-likeness (QED) is 0.518. The minimum Gasteiger partial charge on any atom is -0.416 e. The van der Waals surface area contributed by atoms with Gasteiger partial charge in [0.05, 0.1) is 5.69 Å². The molecule has 0 fully saturated rings. The van der Waals surface area contributed by atoms with Crippen molar-refractivity contribution in [2.24, 2.45) is 0 Å². The second kappa shape index (κ2) is 7.98. The lowest BCUT2D eigenvalue weighted by Gasteiger charge is -2.26. The Morgan fingerprint density at radius 1 is 1.10 bits per heavy atom. The molecular formula is C17H17F6N5O3. The fourth-order valence-corrected chi connectivity index (χ4v) is 3.08. The van der Waals surface area contributed by atoms with E-state index in [1.807, 2.05) is 5.32 Å². The van der Waals surface area contributed by atoms with E-state index in [1.54, 1.807) is 0 Å². The Kier molecular flexibility index (Phi) is 5.86. The molecule has 1 atom stereocenters. The minimum absolute atomic E-state index is 0.0816. The molecule has 1 amide bonds. The summed E-state index contributed by atoms with van der Waals surface area (Å²) in [6.45, 7) is 0. The van der Waals surface area contributed by atoms with Crippen LogP contribution in [0.25, 0.3) is 11.6 Å². The molecule has 0 spiro atoms. The van der Waals surface area contributed by atoms with Crippen molar-refractivity contribution in [3.8, 4) is 11.6 Å². The van der Waals surface area contributed by atoms with Gasteiger partial charge in [-0.2, -0.15) is 26.3 Å². The van der Waals surface area contributed by atoms with E-state index in [9.17, 15) is 36.2 Å². The third-order valence-electron chi connectivity index (χ3n) is 4.76. The first-order valence-corrected chi connectivity index (χ1v) is 9.14. The van der Waals surface area contributed by atoms with E-state index >= 15 is 0 Å². The predicted octanol–water partition coefficient (Wildman–Crippen LogP) is 3.78. The van der Waals surface area contributed by atoms with E-state index in [2.05, 4.69) is 15.2 Å². The number of amides is 1. The van der Waals surface area contributed by atoms with Crippen molar-refractivity contribution in [1.82, 2.24) is 15.2 Å². The third-order valence-corrected chi connectivity index (χ3v) is 4.76. The number of nitrogens with zero attached hydrogens (tertiary/aromatic N) is 3. The number of nitrogens with two attached hydrogens (primary N) is 1. The molecule has 0 aromatic carbocycles. The van der Waals surface area contributed by atoms with E-state index in [4.69, 9.17) is 10.2 Å². The van der Waals surface area contributed by atoms with Crippen molar-refractivity contribution in [1.29, 1.82) is 0 Å². The summed E-state index contributed by atoms with van der Waals surface area (Å²) in [5, 5.41) is 18.9. The SMILES string of the molecule is Nc1cc(C(F)(F)F)c2nc1-c1nnc(o1)C(O)(C(F)(F)F)CCCCCCC(=O)N2. The Morgan fingerprint density at radius 2 is 1.77 bits per heavy atom. The molecular weight excluding hydrogens is 436 g/mol. The number of aliphatic hydroxyl groups is 1. The topological polar surface area (TPSA) is 127 Å². The van der Waals surface area contributed by atoms with Crippen molar-refractivity contribution in [2.45, 2.75) is 56.5 Å². The number of hydrogen-bond acceptors (Lipinski definition) is 7. The number of hydrogen-bond donors (Lipinski definition) is 3. The van der Waals surface area contributed by atoms with Crippen molar-refractivity contribution in [3.05, 3.63) is 17.5 Å². The van der Waals surface area contributed by atoms with Gasteiger partial charge < -0.3 is 20.6 Å². The second-order valence-electron chi connectivity index (χ2n) is 7.05. The number of carbonyl (C=O) groups excluding carboxylic acids is 1. The summed E-state index contributed by atoms with van der Waals surface area (Å²) in [5.74, 6) is -3.59. The van der Waals surface area contributed by atoms with E-state index < -0.39 is 64.8 Å². The van der Waals surface area contributed by atoms with Crippen molar-refractivity contribution >= 4 is 17.4 Å². The number of nitrogens with one attached hydrogen (secondary N) is 1. The zero-order valence-corrected chi connectivity index (χ0v) is 15.8. The van der Waals surface area contributed by atoms with E-state index in [-0.39, 0.29) is 25.7 Å². The van der Waals surface area contributed by atoms with E-state index in [0.717, 1.165) is 0 Å². The zero-order valence-electron chi connectivity index (χ0n) is 15.8. The molecule has 3 heterocycles. The van der Waals surface area contributed by atoms with Gasteiger partial charge in [-0.05, 0) is 25.3 Å². The minimum atomic E-state index is -5.16. The number of halogens is 6. The average Bonchev–Trinajstić information content (AvgIpc) is 3.13. The molecule has 0 saturated heterocycles. The van der Waals surface area contributed by atoms with Gasteiger partial charge in [0.2, 0.25) is 11.5 Å². The largest absolute Gasteiger partial charge is 0.426 e. The highest BCUT2D eigenvalue weighted by Crippen LogP contribution is 2.44. The first kappa shape index (κ1) is 22.8. The number of alkyl halides is 6. The van der Waals surface area contributed by atoms with Crippen LogP contribution < -0.4 is 11.1 Å². The van der Waals surface area contributed by atoms with Gasteiger partial charge in [-0.25, -0.2) is 4.98 Å². The van der Waals surface area contributed by atoms with Crippen molar-refractivity contribution < 1.29 is 40.7 Å². The molecule has 3 rings (SSSR count). The Morgan fingerprint density at radius 3 is 2.42 bits per heavy atom. The van der Waals surface area contributed by atoms with Gasteiger partial charge >= 0.3 is 12.4 Å². The number of pyridine rings is 1. The van der Waals surface area contributed by atoms with Gasteiger partial charge in [-0.3, -0.25) is 4.79 Å². The molecule has 1 aliphatic rings. The maximum atomic E-state index is 13.6. The maximum Gasteiger partial charge on any atom is 0.426 e. The number of aromatic nitrogens is 3. The summed E-state index contributed by atoms with van der Waals surface area (Å²) in [4.78, 5) is 15.7. The summed E-state index contributed by atoms with van der Waals surface area (Å²) in [6, 6.07) is 0.454. The maximum absolute atomic E-state index is 13.6. The van der Waals surface area contributed by atoms with Crippen LogP contribution in [0, 0.1) is 0 Å². The molecule has 8 nitrogen and oxygen atoms in total. The average molecular weight is 453 g/mol. The van der Waals surface area contributed by atoms with E-state index in [0.29, 0.717) is 12.5 Å². The number of carbonyl (C=O) groups is 1.